The average molecular weight is 306 g/mol. The normalized spacial score (nSPS) is 14.2. The maximum absolute atomic E-state index is 12.2. The van der Waals surface area contributed by atoms with Crippen molar-refractivity contribution in [2.24, 2.45) is 5.92 Å². The second-order valence-corrected chi connectivity index (χ2v) is 5.74. The summed E-state index contributed by atoms with van der Waals surface area (Å²) in [5.74, 6) is 1.54. The number of hydrogen-bond acceptors (Lipinski definition) is 3. The third kappa shape index (κ3) is 3.89. The Morgan fingerprint density at radius 1 is 1.09 bits per heavy atom. The first-order valence-electron chi connectivity index (χ1n) is 7.83. The summed E-state index contributed by atoms with van der Waals surface area (Å²) in [4.78, 5) is 12.2. The fourth-order valence-electron chi connectivity index (χ4n) is 2.80. The van der Waals surface area contributed by atoms with Crippen LogP contribution in [0, 0.1) is 17.2 Å². The van der Waals surface area contributed by atoms with Crippen LogP contribution in [0.1, 0.15) is 31.2 Å². The zero-order chi connectivity index (χ0) is 16.1. The van der Waals surface area contributed by atoms with Crippen molar-refractivity contribution in [3.8, 4) is 17.6 Å². The van der Waals surface area contributed by atoms with E-state index in [2.05, 4.69) is 11.4 Å². The highest BCUT2D eigenvalue weighted by molar-refractivity contribution is 5.92. The molecule has 0 heterocycles. The Balaban J connectivity index is 1.66. The first-order valence-corrected chi connectivity index (χ1v) is 7.83. The van der Waals surface area contributed by atoms with Gasteiger partial charge in [-0.1, -0.05) is 18.9 Å². The topological polar surface area (TPSA) is 62.1 Å². The molecule has 0 radical (unpaired) electrons. The van der Waals surface area contributed by atoms with Crippen LogP contribution in [0.4, 0.5) is 5.69 Å². The Bertz CT molecular complexity index is 726. The SMILES string of the molecule is N#Cc1ccc(Oc2cccc(NC(=O)C3CCCC3)c2)cc1. The Morgan fingerprint density at radius 3 is 2.52 bits per heavy atom. The minimum Gasteiger partial charge on any atom is -0.457 e. The number of carbonyl (C=O) groups excluding carboxylic acids is 1. The van der Waals surface area contributed by atoms with Crippen LogP contribution in [0.3, 0.4) is 0 Å². The van der Waals surface area contributed by atoms with E-state index in [0.29, 0.717) is 17.1 Å². The van der Waals surface area contributed by atoms with Gasteiger partial charge in [-0.2, -0.15) is 5.26 Å². The number of anilines is 1. The highest BCUT2D eigenvalue weighted by Gasteiger charge is 2.22. The molecule has 1 N–H and O–H groups in total. The second kappa shape index (κ2) is 6.97. The maximum Gasteiger partial charge on any atom is 0.227 e. The van der Waals surface area contributed by atoms with Gasteiger partial charge >= 0.3 is 0 Å². The van der Waals surface area contributed by atoms with Gasteiger partial charge in [0.1, 0.15) is 11.5 Å². The van der Waals surface area contributed by atoms with E-state index in [9.17, 15) is 4.79 Å². The molecule has 0 bridgehead atoms. The molecule has 4 heteroatoms. The molecule has 4 nitrogen and oxygen atoms in total. The second-order valence-electron chi connectivity index (χ2n) is 5.74. The highest BCUT2D eigenvalue weighted by Crippen LogP contribution is 2.28. The van der Waals surface area contributed by atoms with Crippen LogP contribution in [0.2, 0.25) is 0 Å². The van der Waals surface area contributed by atoms with Gasteiger partial charge in [-0.15, -0.1) is 0 Å². The molecule has 0 saturated heterocycles. The zero-order valence-corrected chi connectivity index (χ0v) is 12.8. The number of nitriles is 1. The van der Waals surface area contributed by atoms with Crippen molar-refractivity contribution in [3.63, 3.8) is 0 Å². The van der Waals surface area contributed by atoms with E-state index in [4.69, 9.17) is 10.00 Å². The quantitative estimate of drug-likeness (QED) is 0.906. The minimum absolute atomic E-state index is 0.0954. The molecule has 2 aromatic carbocycles. The first-order chi connectivity index (χ1) is 11.2. The van der Waals surface area contributed by atoms with E-state index < -0.39 is 0 Å². The van der Waals surface area contributed by atoms with Gasteiger partial charge in [0.2, 0.25) is 5.91 Å². The van der Waals surface area contributed by atoms with Gasteiger partial charge in [0.15, 0.2) is 0 Å². The number of rotatable bonds is 4. The number of amides is 1. The minimum atomic E-state index is 0.0954. The molecule has 1 saturated carbocycles. The number of hydrogen-bond donors (Lipinski definition) is 1. The molecule has 0 aliphatic heterocycles. The molecule has 23 heavy (non-hydrogen) atoms. The fraction of sp³-hybridized carbons (Fsp3) is 0.263. The molecule has 1 fully saturated rings. The number of carbonyl (C=O) groups is 1. The predicted molar refractivity (Wildman–Crippen MR) is 88.3 cm³/mol. The Hall–Kier alpha value is -2.80. The van der Waals surface area contributed by atoms with E-state index in [1.54, 1.807) is 24.3 Å². The lowest BCUT2D eigenvalue weighted by molar-refractivity contribution is -0.119. The summed E-state index contributed by atoms with van der Waals surface area (Å²) in [6.45, 7) is 0. The lowest BCUT2D eigenvalue weighted by Gasteiger charge is -2.12. The van der Waals surface area contributed by atoms with Crippen LogP contribution in [0.5, 0.6) is 11.5 Å². The van der Waals surface area contributed by atoms with Crippen LogP contribution < -0.4 is 10.1 Å². The average Bonchev–Trinajstić information content (AvgIpc) is 3.10. The summed E-state index contributed by atoms with van der Waals surface area (Å²) in [6, 6.07) is 16.4. The molecule has 116 valence electrons. The van der Waals surface area contributed by atoms with E-state index in [1.807, 2.05) is 24.3 Å². The molecule has 2 aromatic rings. The lowest BCUT2D eigenvalue weighted by atomic mass is 10.1. The summed E-state index contributed by atoms with van der Waals surface area (Å²) in [6.07, 6.45) is 4.24. The number of ether oxygens (including phenoxy) is 1. The van der Waals surface area contributed by atoms with Crippen molar-refractivity contribution in [1.82, 2.24) is 0 Å². The van der Waals surface area contributed by atoms with Crippen molar-refractivity contribution < 1.29 is 9.53 Å². The molecule has 0 unspecified atom stereocenters. The van der Waals surface area contributed by atoms with Crippen molar-refractivity contribution in [2.45, 2.75) is 25.7 Å². The molecule has 0 atom stereocenters. The van der Waals surface area contributed by atoms with E-state index in [0.717, 1.165) is 31.4 Å². The molecule has 3 rings (SSSR count). The van der Waals surface area contributed by atoms with Gasteiger partial charge < -0.3 is 10.1 Å². The van der Waals surface area contributed by atoms with Crippen LogP contribution in [0.25, 0.3) is 0 Å². The Morgan fingerprint density at radius 2 is 1.83 bits per heavy atom. The summed E-state index contributed by atoms with van der Waals surface area (Å²) >= 11 is 0. The van der Waals surface area contributed by atoms with Gasteiger partial charge in [-0.05, 0) is 49.2 Å². The van der Waals surface area contributed by atoms with Crippen molar-refractivity contribution in [1.29, 1.82) is 5.26 Å². The number of nitrogens with zero attached hydrogens (tertiary/aromatic N) is 1. The standard InChI is InChI=1S/C19H18N2O2/c20-13-14-8-10-17(11-9-14)23-18-7-3-6-16(12-18)21-19(22)15-4-1-2-5-15/h3,6-12,15H,1-2,4-5H2,(H,21,22). The van der Waals surface area contributed by atoms with Crippen molar-refractivity contribution >= 4 is 11.6 Å². The number of nitrogens with one attached hydrogen (secondary N) is 1. The van der Waals surface area contributed by atoms with Crippen molar-refractivity contribution in [2.75, 3.05) is 5.32 Å². The van der Waals surface area contributed by atoms with Crippen molar-refractivity contribution in [3.05, 3.63) is 54.1 Å². The summed E-state index contributed by atoms with van der Waals surface area (Å²) in [7, 11) is 0. The van der Waals surface area contributed by atoms with Crippen LogP contribution >= 0.6 is 0 Å². The summed E-state index contributed by atoms with van der Waals surface area (Å²) in [5.41, 5.74) is 1.34. The molecular formula is C19H18N2O2. The van der Waals surface area contributed by atoms with Gasteiger partial charge in [0, 0.05) is 17.7 Å². The van der Waals surface area contributed by atoms with E-state index in [-0.39, 0.29) is 11.8 Å². The Kier molecular flexibility index (Phi) is 4.58. The third-order valence-corrected chi connectivity index (χ3v) is 4.05. The largest absolute Gasteiger partial charge is 0.457 e. The zero-order valence-electron chi connectivity index (χ0n) is 12.8. The van der Waals surface area contributed by atoms with Gasteiger partial charge in [-0.25, -0.2) is 0 Å². The molecular weight excluding hydrogens is 288 g/mol. The van der Waals surface area contributed by atoms with E-state index in [1.165, 1.54) is 0 Å². The maximum atomic E-state index is 12.2. The molecule has 0 aromatic heterocycles. The van der Waals surface area contributed by atoms with Crippen LogP contribution in [-0.2, 0) is 4.79 Å². The van der Waals surface area contributed by atoms with E-state index >= 15 is 0 Å². The third-order valence-electron chi connectivity index (χ3n) is 4.05. The predicted octanol–water partition coefficient (Wildman–Crippen LogP) is 4.48. The molecule has 1 aliphatic carbocycles. The smallest absolute Gasteiger partial charge is 0.227 e. The summed E-state index contributed by atoms with van der Waals surface area (Å²) in [5, 5.41) is 11.8. The summed E-state index contributed by atoms with van der Waals surface area (Å²) < 4.78 is 5.76. The van der Waals surface area contributed by atoms with Crippen LogP contribution in [-0.4, -0.2) is 5.91 Å². The van der Waals surface area contributed by atoms with Gasteiger partial charge in [0.05, 0.1) is 11.6 Å². The molecule has 1 amide bonds. The number of benzene rings is 2. The lowest BCUT2D eigenvalue weighted by Crippen LogP contribution is -2.20. The molecule has 0 spiro atoms. The first kappa shape index (κ1) is 15.1. The van der Waals surface area contributed by atoms with Gasteiger partial charge in [0.25, 0.3) is 0 Å². The molecule has 1 aliphatic rings. The highest BCUT2D eigenvalue weighted by atomic mass is 16.5. The van der Waals surface area contributed by atoms with Crippen LogP contribution in [0.15, 0.2) is 48.5 Å². The monoisotopic (exact) mass is 306 g/mol. The van der Waals surface area contributed by atoms with Gasteiger partial charge in [-0.3, -0.25) is 4.79 Å². The Labute approximate surface area is 135 Å². The fourth-order valence-corrected chi connectivity index (χ4v) is 2.80.